The molecule has 0 bridgehead atoms. The molecule has 0 saturated heterocycles. The highest BCUT2D eigenvalue weighted by molar-refractivity contribution is 7.82. The maximum Gasteiger partial charge on any atom is 0.349 e. The normalized spacial score (nSPS) is 15.3. The van der Waals surface area contributed by atoms with Crippen LogP contribution in [0.2, 0.25) is 0 Å². The van der Waals surface area contributed by atoms with Gasteiger partial charge in [-0.3, -0.25) is 0 Å². The number of carbonyl (C=O) groups is 2. The topological polar surface area (TPSA) is 59.1 Å². The highest BCUT2D eigenvalue weighted by Gasteiger charge is 2.34. The number of hydrogen-bond acceptors (Lipinski definition) is 7. The lowest BCUT2D eigenvalue weighted by atomic mass is 10.1. The summed E-state index contributed by atoms with van der Waals surface area (Å²) in [5.74, 6) is -0.919. The molecule has 0 amide bonds. The van der Waals surface area contributed by atoms with Crippen LogP contribution in [0.1, 0.15) is 19.4 Å². The van der Waals surface area contributed by atoms with E-state index in [2.05, 4.69) is 0 Å². The van der Waals surface area contributed by atoms with Crippen LogP contribution < -0.4 is 0 Å². The zero-order valence-electron chi connectivity index (χ0n) is 15.3. The van der Waals surface area contributed by atoms with Crippen molar-refractivity contribution in [1.82, 2.24) is 9.80 Å². The van der Waals surface area contributed by atoms with Crippen LogP contribution in [0.25, 0.3) is 0 Å². The zero-order chi connectivity index (χ0) is 19.3. The fourth-order valence-corrected chi connectivity index (χ4v) is 2.88. The maximum absolute atomic E-state index is 12.5. The third-order valence-electron chi connectivity index (χ3n) is 3.89. The van der Waals surface area contributed by atoms with Crippen LogP contribution in [0.4, 0.5) is 0 Å². The SMILES string of the molecule is COC(=O)C(=S)C(C(=O)OC)=C1N(Cc2ccccc2)C=CN1C(C)C. The van der Waals surface area contributed by atoms with Gasteiger partial charge in [0.25, 0.3) is 0 Å². The van der Waals surface area contributed by atoms with Gasteiger partial charge in [-0.1, -0.05) is 42.5 Å². The Morgan fingerprint density at radius 2 is 1.65 bits per heavy atom. The van der Waals surface area contributed by atoms with E-state index in [0.717, 1.165) is 5.56 Å². The predicted octanol–water partition coefficient (Wildman–Crippen LogP) is 2.61. The van der Waals surface area contributed by atoms with E-state index in [1.165, 1.54) is 14.2 Å². The molecule has 1 aliphatic heterocycles. The summed E-state index contributed by atoms with van der Waals surface area (Å²) in [5, 5.41) is 0. The fourth-order valence-electron chi connectivity index (χ4n) is 2.62. The molecule has 0 unspecified atom stereocenters. The Hall–Kier alpha value is -2.67. The lowest BCUT2D eigenvalue weighted by molar-refractivity contribution is -0.137. The average Bonchev–Trinajstić information content (AvgIpc) is 3.05. The molecular weight excluding hydrogens is 352 g/mol. The van der Waals surface area contributed by atoms with Crippen molar-refractivity contribution in [2.24, 2.45) is 0 Å². The van der Waals surface area contributed by atoms with Crippen molar-refractivity contribution in [1.29, 1.82) is 0 Å². The minimum atomic E-state index is -0.747. The Balaban J connectivity index is 2.55. The largest absolute Gasteiger partial charge is 0.465 e. The van der Waals surface area contributed by atoms with Crippen molar-refractivity contribution in [2.45, 2.75) is 26.4 Å². The Morgan fingerprint density at radius 1 is 1.04 bits per heavy atom. The van der Waals surface area contributed by atoms with Crippen molar-refractivity contribution >= 4 is 29.0 Å². The first-order valence-corrected chi connectivity index (χ1v) is 8.54. The number of rotatable bonds is 6. The summed E-state index contributed by atoms with van der Waals surface area (Å²) in [5.41, 5.74) is 1.07. The lowest BCUT2D eigenvalue weighted by Gasteiger charge is -2.30. The van der Waals surface area contributed by atoms with Crippen LogP contribution in [-0.4, -0.2) is 46.9 Å². The first-order valence-electron chi connectivity index (χ1n) is 8.13. The maximum atomic E-state index is 12.5. The number of nitrogens with zero attached hydrogens (tertiary/aromatic N) is 2. The van der Waals surface area contributed by atoms with Gasteiger partial charge < -0.3 is 19.3 Å². The van der Waals surface area contributed by atoms with Gasteiger partial charge in [-0.05, 0) is 19.4 Å². The molecule has 1 heterocycles. The van der Waals surface area contributed by atoms with E-state index in [1.54, 1.807) is 0 Å². The molecule has 1 aromatic rings. The minimum Gasteiger partial charge on any atom is -0.465 e. The summed E-state index contributed by atoms with van der Waals surface area (Å²) in [4.78, 5) is 28.0. The molecule has 0 atom stereocenters. The van der Waals surface area contributed by atoms with Gasteiger partial charge >= 0.3 is 11.9 Å². The molecule has 1 aromatic carbocycles. The predicted molar refractivity (Wildman–Crippen MR) is 102 cm³/mol. The summed E-state index contributed by atoms with van der Waals surface area (Å²) in [6, 6.07) is 9.84. The molecule has 0 aliphatic carbocycles. The van der Waals surface area contributed by atoms with Gasteiger partial charge in [-0.2, -0.15) is 0 Å². The molecule has 138 valence electrons. The smallest absolute Gasteiger partial charge is 0.349 e. The van der Waals surface area contributed by atoms with E-state index in [1.807, 2.05) is 66.4 Å². The summed E-state index contributed by atoms with van der Waals surface area (Å²) >= 11 is 5.22. The molecule has 0 aromatic heterocycles. The van der Waals surface area contributed by atoms with Gasteiger partial charge in [0.1, 0.15) is 16.3 Å². The van der Waals surface area contributed by atoms with Crippen LogP contribution >= 0.6 is 12.2 Å². The van der Waals surface area contributed by atoms with E-state index >= 15 is 0 Å². The third kappa shape index (κ3) is 4.11. The van der Waals surface area contributed by atoms with Crippen LogP contribution in [-0.2, 0) is 25.6 Å². The number of ether oxygens (including phenoxy) is 2. The van der Waals surface area contributed by atoms with Crippen LogP contribution in [0.15, 0.2) is 54.1 Å². The number of hydrogen-bond donors (Lipinski definition) is 0. The van der Waals surface area contributed by atoms with Crippen molar-refractivity contribution in [3.8, 4) is 0 Å². The first-order chi connectivity index (χ1) is 12.4. The van der Waals surface area contributed by atoms with Crippen molar-refractivity contribution in [2.75, 3.05) is 14.2 Å². The van der Waals surface area contributed by atoms with Crippen molar-refractivity contribution in [3.05, 3.63) is 59.7 Å². The van der Waals surface area contributed by atoms with E-state index in [0.29, 0.717) is 12.4 Å². The minimum absolute atomic E-state index is 0.0176. The van der Waals surface area contributed by atoms with Gasteiger partial charge in [0.05, 0.1) is 14.2 Å². The molecule has 0 saturated carbocycles. The Kier molecular flexibility index (Phi) is 6.52. The van der Waals surface area contributed by atoms with Crippen molar-refractivity contribution in [3.63, 3.8) is 0 Å². The number of carbonyl (C=O) groups excluding carboxylic acids is 2. The van der Waals surface area contributed by atoms with Crippen LogP contribution in [0.3, 0.4) is 0 Å². The van der Waals surface area contributed by atoms with Crippen LogP contribution in [0.5, 0.6) is 0 Å². The molecule has 1 aliphatic rings. The highest BCUT2D eigenvalue weighted by Crippen LogP contribution is 2.29. The lowest BCUT2D eigenvalue weighted by Crippen LogP contribution is -2.35. The van der Waals surface area contributed by atoms with Gasteiger partial charge in [0.2, 0.25) is 0 Å². The zero-order valence-corrected chi connectivity index (χ0v) is 16.1. The second-order valence-corrected chi connectivity index (χ2v) is 6.33. The summed E-state index contributed by atoms with van der Waals surface area (Å²) in [6.07, 6.45) is 3.71. The van der Waals surface area contributed by atoms with E-state index < -0.39 is 11.9 Å². The number of esters is 2. The van der Waals surface area contributed by atoms with Gasteiger partial charge in [0.15, 0.2) is 0 Å². The quantitative estimate of drug-likeness (QED) is 0.431. The van der Waals surface area contributed by atoms with Gasteiger partial charge in [0, 0.05) is 25.0 Å². The fraction of sp³-hybridized carbons (Fsp3) is 0.316. The van der Waals surface area contributed by atoms with E-state index in [4.69, 9.17) is 21.7 Å². The summed E-state index contributed by atoms with van der Waals surface area (Å²) in [6.45, 7) is 4.47. The number of thiocarbonyl (C=S) groups is 1. The molecular formula is C19H22N2O4S. The Morgan fingerprint density at radius 3 is 2.19 bits per heavy atom. The second-order valence-electron chi connectivity index (χ2n) is 5.92. The standard InChI is InChI=1S/C19H22N2O4S/c1-13(2)21-11-10-20(12-14-8-6-5-7-9-14)17(21)15(18(22)24-3)16(26)19(23)25-4/h5-11,13H,12H2,1-4H3. The molecule has 26 heavy (non-hydrogen) atoms. The van der Waals surface area contributed by atoms with E-state index in [-0.39, 0.29) is 16.5 Å². The second kappa shape index (κ2) is 8.62. The molecule has 6 nitrogen and oxygen atoms in total. The average molecular weight is 374 g/mol. The molecule has 0 radical (unpaired) electrons. The van der Waals surface area contributed by atoms with Gasteiger partial charge in [-0.15, -0.1) is 0 Å². The number of methoxy groups -OCH3 is 2. The summed E-state index contributed by atoms with van der Waals surface area (Å²) in [7, 11) is 2.48. The van der Waals surface area contributed by atoms with Gasteiger partial charge in [-0.25, -0.2) is 9.59 Å². The molecule has 0 N–H and O–H groups in total. The van der Waals surface area contributed by atoms with Crippen LogP contribution in [0, 0.1) is 0 Å². The Labute approximate surface area is 158 Å². The molecule has 0 spiro atoms. The van der Waals surface area contributed by atoms with Crippen molar-refractivity contribution < 1.29 is 19.1 Å². The third-order valence-corrected chi connectivity index (χ3v) is 4.26. The number of benzene rings is 1. The first kappa shape index (κ1) is 19.7. The molecule has 0 fully saturated rings. The highest BCUT2D eigenvalue weighted by atomic mass is 32.1. The molecule has 7 heteroatoms. The summed E-state index contributed by atoms with van der Waals surface area (Å²) < 4.78 is 9.61. The Bertz CT molecular complexity index is 756. The molecule has 2 rings (SSSR count). The monoisotopic (exact) mass is 374 g/mol. The van der Waals surface area contributed by atoms with E-state index in [9.17, 15) is 9.59 Å².